The molecule has 0 aliphatic rings. The summed E-state index contributed by atoms with van der Waals surface area (Å²) in [6.07, 6.45) is 0. The highest BCUT2D eigenvalue weighted by Gasteiger charge is 2.18. The zero-order chi connectivity index (χ0) is 18.4. The number of methoxy groups -OCH3 is 2. The standard InChI is InChI=1S/C17H18FNO5S/c1-23-15-7-6-14(11-16(15)24-2)25(21,22)9-8-19-17(20)12-4-3-5-13(18)10-12/h3-7,10-11H,8-9H2,1-2H3,(H,19,20). The topological polar surface area (TPSA) is 81.7 Å². The van der Waals surface area contributed by atoms with E-state index in [9.17, 15) is 17.6 Å². The van der Waals surface area contributed by atoms with Gasteiger partial charge in [0.2, 0.25) is 0 Å². The van der Waals surface area contributed by atoms with Crippen LogP contribution in [0.25, 0.3) is 0 Å². The fourth-order valence-electron chi connectivity index (χ4n) is 2.16. The van der Waals surface area contributed by atoms with Crippen LogP contribution in [0, 0.1) is 5.82 Å². The lowest BCUT2D eigenvalue weighted by molar-refractivity contribution is 0.0955. The van der Waals surface area contributed by atoms with Gasteiger partial charge in [0, 0.05) is 18.2 Å². The second kappa shape index (κ2) is 7.98. The summed E-state index contributed by atoms with van der Waals surface area (Å²) >= 11 is 0. The van der Waals surface area contributed by atoms with Crippen LogP contribution in [0.15, 0.2) is 47.4 Å². The molecule has 0 saturated carbocycles. The Balaban J connectivity index is 2.03. The predicted octanol–water partition coefficient (Wildman–Crippen LogP) is 2.05. The number of hydrogen-bond donors (Lipinski definition) is 1. The minimum atomic E-state index is -3.63. The van der Waals surface area contributed by atoms with E-state index in [1.54, 1.807) is 0 Å². The maximum absolute atomic E-state index is 13.1. The summed E-state index contributed by atoms with van der Waals surface area (Å²) in [5, 5.41) is 2.46. The van der Waals surface area contributed by atoms with Gasteiger partial charge in [-0.1, -0.05) is 6.07 Å². The Bertz CT molecular complexity index is 867. The van der Waals surface area contributed by atoms with Crippen LogP contribution in [0.3, 0.4) is 0 Å². The molecular formula is C17H18FNO5S. The Kier molecular flexibility index (Phi) is 5.97. The number of ether oxygens (including phenoxy) is 2. The normalized spacial score (nSPS) is 11.0. The summed E-state index contributed by atoms with van der Waals surface area (Å²) in [5.74, 6) is -0.662. The Morgan fingerprint density at radius 1 is 1.08 bits per heavy atom. The number of hydrogen-bond acceptors (Lipinski definition) is 5. The van der Waals surface area contributed by atoms with E-state index in [1.165, 1.54) is 50.6 Å². The molecule has 0 aliphatic heterocycles. The van der Waals surface area contributed by atoms with Gasteiger partial charge in [0.1, 0.15) is 5.82 Å². The minimum absolute atomic E-state index is 0.0603. The van der Waals surface area contributed by atoms with E-state index >= 15 is 0 Å². The number of rotatable bonds is 7. The first-order chi connectivity index (χ1) is 11.9. The summed E-state index contributed by atoms with van der Waals surface area (Å²) < 4.78 is 48.0. The SMILES string of the molecule is COc1ccc(S(=O)(=O)CCNC(=O)c2cccc(F)c2)cc1OC. The molecule has 0 aliphatic carbocycles. The molecule has 2 aromatic rings. The zero-order valence-corrected chi connectivity index (χ0v) is 14.6. The van der Waals surface area contributed by atoms with Gasteiger partial charge in [-0.3, -0.25) is 4.79 Å². The molecule has 2 aromatic carbocycles. The highest BCUT2D eigenvalue weighted by Crippen LogP contribution is 2.29. The molecule has 1 amide bonds. The van der Waals surface area contributed by atoms with E-state index in [-0.39, 0.29) is 22.8 Å². The fraction of sp³-hybridized carbons (Fsp3) is 0.235. The third-order valence-corrected chi connectivity index (χ3v) is 5.17. The number of amides is 1. The molecule has 0 aromatic heterocycles. The molecule has 0 atom stereocenters. The Morgan fingerprint density at radius 3 is 2.44 bits per heavy atom. The smallest absolute Gasteiger partial charge is 0.251 e. The lowest BCUT2D eigenvalue weighted by Crippen LogP contribution is -2.29. The van der Waals surface area contributed by atoms with Crippen LogP contribution in [-0.4, -0.2) is 40.8 Å². The van der Waals surface area contributed by atoms with Crippen molar-refractivity contribution in [3.63, 3.8) is 0 Å². The number of sulfone groups is 1. The lowest BCUT2D eigenvalue weighted by Gasteiger charge is -2.10. The van der Waals surface area contributed by atoms with E-state index in [4.69, 9.17) is 9.47 Å². The fourth-order valence-corrected chi connectivity index (χ4v) is 3.33. The van der Waals surface area contributed by atoms with Crippen LogP contribution in [0.1, 0.15) is 10.4 Å². The first-order valence-electron chi connectivity index (χ1n) is 7.36. The van der Waals surface area contributed by atoms with Crippen molar-refractivity contribution in [2.75, 3.05) is 26.5 Å². The molecule has 2 rings (SSSR count). The van der Waals surface area contributed by atoms with Crippen LogP contribution in [-0.2, 0) is 9.84 Å². The lowest BCUT2D eigenvalue weighted by atomic mass is 10.2. The second-order valence-corrected chi connectivity index (χ2v) is 7.21. The van der Waals surface area contributed by atoms with Crippen molar-refractivity contribution in [1.29, 1.82) is 0 Å². The first kappa shape index (κ1) is 18.7. The van der Waals surface area contributed by atoms with Gasteiger partial charge >= 0.3 is 0 Å². The number of carbonyl (C=O) groups is 1. The molecule has 0 bridgehead atoms. The maximum atomic E-state index is 13.1. The van der Waals surface area contributed by atoms with Gasteiger partial charge in [-0.05, 0) is 30.3 Å². The third kappa shape index (κ3) is 4.69. The Labute approximate surface area is 145 Å². The van der Waals surface area contributed by atoms with Gasteiger partial charge < -0.3 is 14.8 Å². The maximum Gasteiger partial charge on any atom is 0.251 e. The van der Waals surface area contributed by atoms with Gasteiger partial charge in [0.15, 0.2) is 21.3 Å². The average molecular weight is 367 g/mol. The molecule has 0 saturated heterocycles. The van der Waals surface area contributed by atoms with Gasteiger partial charge in [-0.25, -0.2) is 12.8 Å². The Morgan fingerprint density at radius 2 is 1.80 bits per heavy atom. The van der Waals surface area contributed by atoms with Crippen molar-refractivity contribution >= 4 is 15.7 Å². The van der Waals surface area contributed by atoms with Crippen molar-refractivity contribution in [2.45, 2.75) is 4.90 Å². The molecule has 8 heteroatoms. The Hall–Kier alpha value is -2.61. The number of carbonyl (C=O) groups excluding carboxylic acids is 1. The van der Waals surface area contributed by atoms with Crippen molar-refractivity contribution in [3.05, 3.63) is 53.8 Å². The van der Waals surface area contributed by atoms with Crippen molar-refractivity contribution < 1.29 is 27.1 Å². The van der Waals surface area contributed by atoms with Crippen LogP contribution in [0.2, 0.25) is 0 Å². The monoisotopic (exact) mass is 367 g/mol. The molecule has 6 nitrogen and oxygen atoms in total. The van der Waals surface area contributed by atoms with Gasteiger partial charge in [0.05, 0.1) is 24.9 Å². The van der Waals surface area contributed by atoms with Gasteiger partial charge in [-0.15, -0.1) is 0 Å². The molecule has 0 fully saturated rings. The summed E-state index contributed by atoms with van der Waals surface area (Å²) in [6, 6.07) is 9.42. The van der Waals surface area contributed by atoms with Crippen molar-refractivity contribution in [1.82, 2.24) is 5.32 Å². The highest BCUT2D eigenvalue weighted by molar-refractivity contribution is 7.91. The van der Waals surface area contributed by atoms with Crippen LogP contribution in [0.4, 0.5) is 4.39 Å². The molecule has 1 N–H and O–H groups in total. The first-order valence-corrected chi connectivity index (χ1v) is 9.01. The van der Waals surface area contributed by atoms with E-state index < -0.39 is 21.6 Å². The third-order valence-electron chi connectivity index (χ3n) is 3.46. The highest BCUT2D eigenvalue weighted by atomic mass is 32.2. The number of benzene rings is 2. The molecule has 25 heavy (non-hydrogen) atoms. The molecule has 0 heterocycles. The summed E-state index contributed by atoms with van der Waals surface area (Å²) in [5.41, 5.74) is 0.128. The molecular weight excluding hydrogens is 349 g/mol. The van der Waals surface area contributed by atoms with E-state index in [1.807, 2.05) is 0 Å². The van der Waals surface area contributed by atoms with Crippen molar-refractivity contribution in [2.24, 2.45) is 0 Å². The van der Waals surface area contributed by atoms with Crippen LogP contribution in [0.5, 0.6) is 11.5 Å². The largest absolute Gasteiger partial charge is 0.493 e. The summed E-state index contributed by atoms with van der Waals surface area (Å²) in [4.78, 5) is 12.0. The number of halogens is 1. The molecule has 0 unspecified atom stereocenters. The second-order valence-electron chi connectivity index (χ2n) is 5.10. The van der Waals surface area contributed by atoms with Crippen LogP contribution < -0.4 is 14.8 Å². The summed E-state index contributed by atoms with van der Waals surface area (Å²) in [7, 11) is -0.766. The van der Waals surface area contributed by atoms with Crippen LogP contribution >= 0.6 is 0 Å². The van der Waals surface area contributed by atoms with Gasteiger partial charge in [0.25, 0.3) is 5.91 Å². The van der Waals surface area contributed by atoms with Gasteiger partial charge in [-0.2, -0.15) is 0 Å². The molecule has 0 spiro atoms. The average Bonchev–Trinajstić information content (AvgIpc) is 2.60. The van der Waals surface area contributed by atoms with E-state index in [0.717, 1.165) is 6.07 Å². The number of nitrogens with one attached hydrogen (secondary N) is 1. The molecule has 0 radical (unpaired) electrons. The van der Waals surface area contributed by atoms with Crippen molar-refractivity contribution in [3.8, 4) is 11.5 Å². The summed E-state index contributed by atoms with van der Waals surface area (Å²) in [6.45, 7) is -0.105. The van der Waals surface area contributed by atoms with E-state index in [2.05, 4.69) is 5.32 Å². The minimum Gasteiger partial charge on any atom is -0.493 e. The molecule has 134 valence electrons. The zero-order valence-electron chi connectivity index (χ0n) is 13.8. The quantitative estimate of drug-likeness (QED) is 0.810. The predicted molar refractivity (Wildman–Crippen MR) is 90.3 cm³/mol. The van der Waals surface area contributed by atoms with E-state index in [0.29, 0.717) is 11.5 Å².